The molecule has 2 N–H and O–H groups in total. The minimum absolute atomic E-state index is 0.111. The predicted octanol–water partition coefficient (Wildman–Crippen LogP) is 0.233. The van der Waals surface area contributed by atoms with Crippen LogP contribution in [0.5, 0.6) is 0 Å². The molecule has 92 valence electrons. The highest BCUT2D eigenvalue weighted by atomic mass is 16.4. The first-order valence-electron chi connectivity index (χ1n) is 5.04. The average Bonchev–Trinajstić information content (AvgIpc) is 2.27. The second-order valence-electron chi connectivity index (χ2n) is 3.77. The minimum Gasteiger partial charge on any atom is -0.477 e. The van der Waals surface area contributed by atoms with Gasteiger partial charge in [0.25, 0.3) is 5.91 Å². The third kappa shape index (κ3) is 3.53. The molecule has 6 nitrogen and oxygen atoms in total. The Morgan fingerprint density at radius 2 is 2.12 bits per heavy atom. The molecule has 0 fully saturated rings. The molecular formula is C11H14N2O4. The lowest BCUT2D eigenvalue weighted by Gasteiger charge is -2.18. The summed E-state index contributed by atoms with van der Waals surface area (Å²) in [4.78, 5) is 27.4. The number of carbonyl (C=O) groups is 2. The SMILES string of the molecule is CC(O)CN(C)C(=O)c1ccc(C(=O)O)nc1. The van der Waals surface area contributed by atoms with E-state index < -0.39 is 12.1 Å². The number of amides is 1. The fourth-order valence-electron chi connectivity index (χ4n) is 1.35. The number of aromatic nitrogens is 1. The topological polar surface area (TPSA) is 90.7 Å². The monoisotopic (exact) mass is 238 g/mol. The molecule has 6 heteroatoms. The highest BCUT2D eigenvalue weighted by Gasteiger charge is 2.14. The predicted molar refractivity (Wildman–Crippen MR) is 59.8 cm³/mol. The van der Waals surface area contributed by atoms with Crippen molar-refractivity contribution in [1.82, 2.24) is 9.88 Å². The maximum Gasteiger partial charge on any atom is 0.354 e. The summed E-state index contributed by atoms with van der Waals surface area (Å²) in [5.41, 5.74) is 0.179. The van der Waals surface area contributed by atoms with Gasteiger partial charge in [0, 0.05) is 19.8 Å². The van der Waals surface area contributed by atoms with E-state index in [0.29, 0.717) is 0 Å². The molecule has 1 aromatic rings. The molecule has 0 spiro atoms. The van der Waals surface area contributed by atoms with E-state index in [9.17, 15) is 9.59 Å². The van der Waals surface area contributed by atoms with Gasteiger partial charge in [0.15, 0.2) is 0 Å². The van der Waals surface area contributed by atoms with Crippen molar-refractivity contribution in [3.05, 3.63) is 29.6 Å². The lowest BCUT2D eigenvalue weighted by Crippen LogP contribution is -2.33. The van der Waals surface area contributed by atoms with Crippen molar-refractivity contribution in [2.24, 2.45) is 0 Å². The van der Waals surface area contributed by atoms with Gasteiger partial charge in [-0.1, -0.05) is 0 Å². The molecule has 0 aliphatic heterocycles. The van der Waals surface area contributed by atoms with Crippen LogP contribution in [0.25, 0.3) is 0 Å². The van der Waals surface area contributed by atoms with E-state index in [0.717, 1.165) is 0 Å². The lowest BCUT2D eigenvalue weighted by atomic mass is 10.2. The van der Waals surface area contributed by atoms with Crippen molar-refractivity contribution in [2.75, 3.05) is 13.6 Å². The smallest absolute Gasteiger partial charge is 0.354 e. The third-order valence-electron chi connectivity index (χ3n) is 2.11. The van der Waals surface area contributed by atoms with Crippen LogP contribution in [0.3, 0.4) is 0 Å². The summed E-state index contributed by atoms with van der Waals surface area (Å²) in [6.45, 7) is 1.79. The molecule has 0 radical (unpaired) electrons. The van der Waals surface area contributed by atoms with Gasteiger partial charge in [-0.15, -0.1) is 0 Å². The Labute approximate surface area is 98.5 Å². The molecule has 0 saturated heterocycles. The zero-order valence-electron chi connectivity index (χ0n) is 9.62. The zero-order chi connectivity index (χ0) is 13.0. The van der Waals surface area contributed by atoms with Gasteiger partial charge < -0.3 is 15.1 Å². The van der Waals surface area contributed by atoms with Gasteiger partial charge in [0.1, 0.15) is 5.69 Å². The van der Waals surface area contributed by atoms with Crippen LogP contribution in [0.15, 0.2) is 18.3 Å². The van der Waals surface area contributed by atoms with Crippen molar-refractivity contribution in [1.29, 1.82) is 0 Å². The van der Waals surface area contributed by atoms with Gasteiger partial charge in [0.05, 0.1) is 11.7 Å². The molecule has 0 aliphatic carbocycles. The van der Waals surface area contributed by atoms with Gasteiger partial charge in [-0.05, 0) is 19.1 Å². The van der Waals surface area contributed by atoms with Crippen molar-refractivity contribution in [3.63, 3.8) is 0 Å². The van der Waals surface area contributed by atoms with Gasteiger partial charge in [-0.3, -0.25) is 4.79 Å². The number of likely N-dealkylation sites (N-methyl/N-ethyl adjacent to an activating group) is 1. The van der Waals surface area contributed by atoms with E-state index in [1.807, 2.05) is 0 Å². The lowest BCUT2D eigenvalue weighted by molar-refractivity contribution is 0.0683. The van der Waals surface area contributed by atoms with Crippen LogP contribution in [-0.2, 0) is 0 Å². The standard InChI is InChI=1S/C11H14N2O4/c1-7(14)6-13(2)10(15)8-3-4-9(11(16)17)12-5-8/h3-5,7,14H,6H2,1-2H3,(H,16,17). The van der Waals surface area contributed by atoms with Crippen LogP contribution < -0.4 is 0 Å². The van der Waals surface area contributed by atoms with Gasteiger partial charge in [0.2, 0.25) is 0 Å². The van der Waals surface area contributed by atoms with Gasteiger partial charge >= 0.3 is 5.97 Å². The van der Waals surface area contributed by atoms with Crippen LogP contribution in [0, 0.1) is 0 Å². The highest BCUT2D eigenvalue weighted by Crippen LogP contribution is 2.04. The first kappa shape index (κ1) is 13.1. The van der Waals surface area contributed by atoms with E-state index in [-0.39, 0.29) is 23.7 Å². The second kappa shape index (κ2) is 5.40. The Morgan fingerprint density at radius 1 is 1.47 bits per heavy atom. The number of hydrogen-bond acceptors (Lipinski definition) is 4. The number of aliphatic hydroxyl groups excluding tert-OH is 1. The summed E-state index contributed by atoms with van der Waals surface area (Å²) in [5, 5.41) is 17.8. The van der Waals surface area contributed by atoms with Crippen LogP contribution in [0.4, 0.5) is 0 Å². The largest absolute Gasteiger partial charge is 0.477 e. The van der Waals surface area contributed by atoms with Crippen molar-refractivity contribution in [3.8, 4) is 0 Å². The molecule has 0 bridgehead atoms. The summed E-state index contributed by atoms with van der Waals surface area (Å²) in [5.74, 6) is -1.45. The molecule has 17 heavy (non-hydrogen) atoms. The Bertz CT molecular complexity index is 414. The Hall–Kier alpha value is -1.95. The number of hydrogen-bond donors (Lipinski definition) is 2. The number of aliphatic hydroxyl groups is 1. The van der Waals surface area contributed by atoms with Crippen molar-refractivity contribution >= 4 is 11.9 Å². The zero-order valence-corrected chi connectivity index (χ0v) is 9.62. The van der Waals surface area contributed by atoms with E-state index >= 15 is 0 Å². The molecule has 0 aromatic carbocycles. The normalized spacial score (nSPS) is 11.9. The molecular weight excluding hydrogens is 224 g/mol. The third-order valence-corrected chi connectivity index (χ3v) is 2.11. The first-order valence-corrected chi connectivity index (χ1v) is 5.04. The molecule has 1 atom stereocenters. The Balaban J connectivity index is 2.79. The summed E-state index contributed by atoms with van der Waals surface area (Å²) in [7, 11) is 1.56. The number of rotatable bonds is 4. The Kier molecular flexibility index (Phi) is 4.17. The maximum atomic E-state index is 11.8. The van der Waals surface area contributed by atoms with E-state index in [4.69, 9.17) is 10.2 Å². The summed E-state index contributed by atoms with van der Waals surface area (Å²) >= 11 is 0. The van der Waals surface area contributed by atoms with Crippen LogP contribution in [-0.4, -0.2) is 51.7 Å². The Morgan fingerprint density at radius 3 is 2.53 bits per heavy atom. The molecule has 0 saturated carbocycles. The number of nitrogens with zero attached hydrogens (tertiary/aromatic N) is 2. The number of carboxylic acids is 1. The summed E-state index contributed by atoms with van der Waals surface area (Å²) in [6.07, 6.45) is 0.597. The maximum absolute atomic E-state index is 11.8. The minimum atomic E-state index is -1.14. The van der Waals surface area contributed by atoms with Crippen molar-refractivity contribution < 1.29 is 19.8 Å². The molecule has 1 heterocycles. The molecule has 1 aromatic heterocycles. The second-order valence-corrected chi connectivity index (χ2v) is 3.77. The van der Waals surface area contributed by atoms with Crippen LogP contribution in [0.1, 0.15) is 27.8 Å². The number of pyridine rings is 1. The number of carbonyl (C=O) groups excluding carboxylic acids is 1. The highest BCUT2D eigenvalue weighted by molar-refractivity contribution is 5.94. The fraction of sp³-hybridized carbons (Fsp3) is 0.364. The molecule has 1 amide bonds. The number of carboxylic acid groups (broad SMARTS) is 1. The number of aromatic carboxylic acids is 1. The quantitative estimate of drug-likeness (QED) is 0.783. The molecule has 1 unspecified atom stereocenters. The summed E-state index contributed by atoms with van der Waals surface area (Å²) in [6, 6.07) is 2.67. The molecule has 1 rings (SSSR count). The first-order chi connectivity index (χ1) is 7.91. The van der Waals surface area contributed by atoms with Crippen LogP contribution >= 0.6 is 0 Å². The van der Waals surface area contributed by atoms with Gasteiger partial charge in [-0.25, -0.2) is 9.78 Å². The fourth-order valence-corrected chi connectivity index (χ4v) is 1.35. The van der Waals surface area contributed by atoms with E-state index in [1.165, 1.54) is 23.2 Å². The van der Waals surface area contributed by atoms with Crippen molar-refractivity contribution in [2.45, 2.75) is 13.0 Å². The summed E-state index contributed by atoms with van der Waals surface area (Å²) < 4.78 is 0. The van der Waals surface area contributed by atoms with E-state index in [2.05, 4.69) is 4.98 Å². The molecule has 0 aliphatic rings. The van der Waals surface area contributed by atoms with Gasteiger partial charge in [-0.2, -0.15) is 0 Å². The average molecular weight is 238 g/mol. The van der Waals surface area contributed by atoms with E-state index in [1.54, 1.807) is 14.0 Å². The van der Waals surface area contributed by atoms with Crippen LogP contribution in [0.2, 0.25) is 0 Å².